The minimum Gasteiger partial charge on any atom is -0.354 e. The molecular weight excluding hydrogens is 264 g/mol. The fourth-order valence-electron chi connectivity index (χ4n) is 2.63. The van der Waals surface area contributed by atoms with E-state index in [-0.39, 0.29) is 0 Å². The van der Waals surface area contributed by atoms with Gasteiger partial charge in [-0.15, -0.1) is 0 Å². The Morgan fingerprint density at radius 1 is 1.05 bits per heavy atom. The van der Waals surface area contributed by atoms with Gasteiger partial charge in [0.25, 0.3) is 0 Å². The van der Waals surface area contributed by atoms with Crippen LogP contribution in [0, 0.1) is 0 Å². The van der Waals surface area contributed by atoms with E-state index in [2.05, 4.69) is 51.3 Å². The van der Waals surface area contributed by atoms with E-state index < -0.39 is 0 Å². The molecule has 1 unspecified atom stereocenters. The lowest BCUT2D eigenvalue weighted by Crippen LogP contribution is -2.25. The number of aromatic nitrogens is 3. The quantitative estimate of drug-likeness (QED) is 0.768. The van der Waals surface area contributed by atoms with Crippen molar-refractivity contribution in [1.29, 1.82) is 0 Å². The number of anilines is 3. The highest BCUT2D eigenvalue weighted by atomic mass is 15.3. The molecular formula is C15H28N6. The standard InChI is InChI=1S/C15H28N6/c1-4-9-12(5-2)17-14-18-13(16-6-3)19-15(20-14)21-10-7-8-11-21/h12H,4-11H2,1-3H3,(H2,16,17,18,19,20). The average molecular weight is 292 g/mol. The van der Waals surface area contributed by atoms with E-state index in [1.807, 2.05) is 0 Å². The second-order valence-corrected chi connectivity index (χ2v) is 5.55. The number of nitrogens with one attached hydrogen (secondary N) is 2. The molecule has 2 heterocycles. The van der Waals surface area contributed by atoms with E-state index in [1.165, 1.54) is 12.8 Å². The first-order valence-corrected chi connectivity index (χ1v) is 8.28. The fraction of sp³-hybridized carbons (Fsp3) is 0.800. The van der Waals surface area contributed by atoms with Crippen molar-refractivity contribution in [1.82, 2.24) is 15.0 Å². The van der Waals surface area contributed by atoms with Crippen LogP contribution in [0.3, 0.4) is 0 Å². The summed E-state index contributed by atoms with van der Waals surface area (Å²) in [4.78, 5) is 15.9. The maximum absolute atomic E-state index is 4.62. The van der Waals surface area contributed by atoms with Gasteiger partial charge in [-0.2, -0.15) is 15.0 Å². The van der Waals surface area contributed by atoms with Gasteiger partial charge in [-0.1, -0.05) is 20.3 Å². The third kappa shape index (κ3) is 4.44. The SMILES string of the molecule is CCCC(CC)Nc1nc(NCC)nc(N2CCCC2)n1. The molecule has 0 aliphatic carbocycles. The van der Waals surface area contributed by atoms with Gasteiger partial charge in [-0.05, 0) is 32.6 Å². The lowest BCUT2D eigenvalue weighted by atomic mass is 10.1. The van der Waals surface area contributed by atoms with Crippen molar-refractivity contribution in [3.8, 4) is 0 Å². The van der Waals surface area contributed by atoms with Crippen LogP contribution in [0.4, 0.5) is 17.8 Å². The fourth-order valence-corrected chi connectivity index (χ4v) is 2.63. The highest BCUT2D eigenvalue weighted by Gasteiger charge is 2.18. The van der Waals surface area contributed by atoms with Crippen molar-refractivity contribution < 1.29 is 0 Å². The summed E-state index contributed by atoms with van der Waals surface area (Å²) >= 11 is 0. The third-order valence-corrected chi connectivity index (χ3v) is 3.81. The monoisotopic (exact) mass is 292 g/mol. The Bertz CT molecular complexity index is 430. The van der Waals surface area contributed by atoms with Gasteiger partial charge < -0.3 is 15.5 Å². The first-order valence-electron chi connectivity index (χ1n) is 8.28. The molecule has 1 atom stereocenters. The summed E-state index contributed by atoms with van der Waals surface area (Å²) in [5.74, 6) is 2.17. The van der Waals surface area contributed by atoms with Crippen LogP contribution in [-0.2, 0) is 0 Å². The van der Waals surface area contributed by atoms with Crippen molar-refractivity contribution >= 4 is 17.8 Å². The van der Waals surface area contributed by atoms with Crippen molar-refractivity contribution in [3.63, 3.8) is 0 Å². The maximum Gasteiger partial charge on any atom is 0.231 e. The van der Waals surface area contributed by atoms with Crippen LogP contribution in [0.25, 0.3) is 0 Å². The smallest absolute Gasteiger partial charge is 0.231 e. The van der Waals surface area contributed by atoms with E-state index in [4.69, 9.17) is 0 Å². The lowest BCUT2D eigenvalue weighted by molar-refractivity contribution is 0.617. The summed E-state index contributed by atoms with van der Waals surface area (Å²) in [6, 6.07) is 0.429. The Hall–Kier alpha value is -1.59. The van der Waals surface area contributed by atoms with Gasteiger partial charge in [0, 0.05) is 25.7 Å². The molecule has 1 aromatic rings. The molecule has 1 aromatic heterocycles. The highest BCUT2D eigenvalue weighted by molar-refractivity contribution is 5.44. The molecule has 21 heavy (non-hydrogen) atoms. The summed E-state index contributed by atoms with van der Waals surface area (Å²) in [6.07, 6.45) is 5.82. The summed E-state index contributed by atoms with van der Waals surface area (Å²) in [5, 5.41) is 6.67. The molecule has 0 bridgehead atoms. The molecule has 6 nitrogen and oxygen atoms in total. The van der Waals surface area contributed by atoms with Crippen molar-refractivity contribution in [3.05, 3.63) is 0 Å². The van der Waals surface area contributed by atoms with E-state index in [0.717, 1.165) is 44.8 Å². The van der Waals surface area contributed by atoms with Crippen LogP contribution in [0.15, 0.2) is 0 Å². The van der Waals surface area contributed by atoms with Crippen LogP contribution >= 0.6 is 0 Å². The molecule has 1 aliphatic rings. The van der Waals surface area contributed by atoms with Gasteiger partial charge in [0.2, 0.25) is 17.8 Å². The van der Waals surface area contributed by atoms with Crippen molar-refractivity contribution in [2.24, 2.45) is 0 Å². The molecule has 118 valence electrons. The number of hydrogen-bond acceptors (Lipinski definition) is 6. The van der Waals surface area contributed by atoms with Crippen LogP contribution in [0.5, 0.6) is 0 Å². The predicted octanol–water partition coefficient (Wildman–Crippen LogP) is 2.89. The van der Waals surface area contributed by atoms with Crippen LogP contribution < -0.4 is 15.5 Å². The molecule has 0 radical (unpaired) electrons. The zero-order valence-electron chi connectivity index (χ0n) is 13.5. The lowest BCUT2D eigenvalue weighted by Gasteiger charge is -2.20. The molecule has 0 aromatic carbocycles. The van der Waals surface area contributed by atoms with Gasteiger partial charge in [-0.25, -0.2) is 0 Å². The number of nitrogens with zero attached hydrogens (tertiary/aromatic N) is 4. The molecule has 0 spiro atoms. The largest absolute Gasteiger partial charge is 0.354 e. The second kappa shape index (κ2) is 8.00. The molecule has 0 amide bonds. The van der Waals surface area contributed by atoms with Gasteiger partial charge in [-0.3, -0.25) is 0 Å². The molecule has 6 heteroatoms. The maximum atomic E-state index is 4.62. The van der Waals surface area contributed by atoms with Gasteiger partial charge in [0.15, 0.2) is 0 Å². The predicted molar refractivity (Wildman–Crippen MR) is 88.0 cm³/mol. The molecule has 2 N–H and O–H groups in total. The molecule has 0 saturated carbocycles. The Morgan fingerprint density at radius 2 is 1.76 bits per heavy atom. The second-order valence-electron chi connectivity index (χ2n) is 5.55. The van der Waals surface area contributed by atoms with Crippen molar-refractivity contribution in [2.75, 3.05) is 35.2 Å². The van der Waals surface area contributed by atoms with Gasteiger partial charge in [0.1, 0.15) is 0 Å². The molecule has 1 fully saturated rings. The first kappa shape index (κ1) is 15.8. The van der Waals surface area contributed by atoms with Crippen molar-refractivity contribution in [2.45, 2.75) is 58.9 Å². The summed E-state index contributed by atoms with van der Waals surface area (Å²) in [7, 11) is 0. The Balaban J connectivity index is 2.17. The van der Waals surface area contributed by atoms with Crippen LogP contribution in [0.1, 0.15) is 52.9 Å². The minimum absolute atomic E-state index is 0.429. The van der Waals surface area contributed by atoms with E-state index >= 15 is 0 Å². The normalized spacial score (nSPS) is 16.0. The third-order valence-electron chi connectivity index (χ3n) is 3.81. The zero-order valence-corrected chi connectivity index (χ0v) is 13.5. The van der Waals surface area contributed by atoms with Gasteiger partial charge >= 0.3 is 0 Å². The molecule has 1 saturated heterocycles. The number of rotatable bonds is 8. The van der Waals surface area contributed by atoms with E-state index in [0.29, 0.717) is 17.9 Å². The highest BCUT2D eigenvalue weighted by Crippen LogP contribution is 2.19. The topological polar surface area (TPSA) is 66.0 Å². The summed E-state index contributed by atoms with van der Waals surface area (Å²) < 4.78 is 0. The van der Waals surface area contributed by atoms with Gasteiger partial charge in [0.05, 0.1) is 0 Å². The zero-order chi connectivity index (χ0) is 15.1. The van der Waals surface area contributed by atoms with E-state index in [9.17, 15) is 0 Å². The minimum atomic E-state index is 0.429. The van der Waals surface area contributed by atoms with Crippen LogP contribution in [0.2, 0.25) is 0 Å². The molecule has 1 aliphatic heterocycles. The Kier molecular flexibility index (Phi) is 6.02. The number of hydrogen-bond donors (Lipinski definition) is 2. The van der Waals surface area contributed by atoms with Crippen LogP contribution in [-0.4, -0.2) is 40.6 Å². The summed E-state index contributed by atoms with van der Waals surface area (Å²) in [6.45, 7) is 9.36. The van der Waals surface area contributed by atoms with E-state index in [1.54, 1.807) is 0 Å². The Labute approximate surface area is 127 Å². The summed E-state index contributed by atoms with van der Waals surface area (Å²) in [5.41, 5.74) is 0. The Morgan fingerprint density at radius 3 is 2.38 bits per heavy atom. The first-order chi connectivity index (χ1) is 10.3. The average Bonchev–Trinajstić information content (AvgIpc) is 3.01. The molecule has 2 rings (SSSR count).